The van der Waals surface area contributed by atoms with Crippen LogP contribution < -0.4 is 10.1 Å². The van der Waals surface area contributed by atoms with Crippen LogP contribution >= 0.6 is 0 Å². The van der Waals surface area contributed by atoms with Crippen LogP contribution in [0.5, 0.6) is 5.75 Å². The molecule has 1 aromatic rings. The minimum atomic E-state index is -1.02. The molecule has 222 valence electrons. The van der Waals surface area contributed by atoms with Crippen molar-refractivity contribution in [2.24, 2.45) is 0 Å². The van der Waals surface area contributed by atoms with Gasteiger partial charge >= 0.3 is 0 Å². The summed E-state index contributed by atoms with van der Waals surface area (Å²) >= 11 is 0. The number of nitrogens with zero attached hydrogens (tertiary/aromatic N) is 2. The molecule has 1 saturated heterocycles. The van der Waals surface area contributed by atoms with Gasteiger partial charge in [0, 0.05) is 13.0 Å². The Labute approximate surface area is 233 Å². The minimum Gasteiger partial charge on any atom is -0.490 e. The highest BCUT2D eigenvalue weighted by molar-refractivity contribution is 6.24. The third kappa shape index (κ3) is 9.61. The first-order valence-electron chi connectivity index (χ1n) is 13.4. The van der Waals surface area contributed by atoms with E-state index in [2.05, 4.69) is 10.2 Å². The van der Waals surface area contributed by atoms with Gasteiger partial charge in [-0.15, -0.1) is 0 Å². The molecule has 1 N–H and O–H groups in total. The molecule has 1 atom stereocenters. The summed E-state index contributed by atoms with van der Waals surface area (Å²) in [6, 6.07) is 3.69. The molecule has 0 radical (unpaired) electrons. The molecular weight excluding hydrogens is 526 g/mol. The molecule has 3 rings (SSSR count). The molecule has 4 amide bonds. The van der Waals surface area contributed by atoms with Gasteiger partial charge in [-0.3, -0.25) is 29.4 Å². The molecule has 13 nitrogen and oxygen atoms in total. The summed E-state index contributed by atoms with van der Waals surface area (Å²) in [6.07, 6.45) is 0.153. The maximum absolute atomic E-state index is 13.0. The van der Waals surface area contributed by atoms with Crippen molar-refractivity contribution in [3.63, 3.8) is 0 Å². The molecular formula is C27H39N3O10. The number of rotatable bonds is 20. The summed E-state index contributed by atoms with van der Waals surface area (Å²) < 4.78 is 33.0. The molecule has 0 spiro atoms. The van der Waals surface area contributed by atoms with Crippen molar-refractivity contribution in [2.45, 2.75) is 18.9 Å². The second kappa shape index (κ2) is 17.0. The van der Waals surface area contributed by atoms with Gasteiger partial charge in [-0.05, 0) is 32.6 Å². The molecule has 0 bridgehead atoms. The standard InChI is InChI=1S/C27H39N3O10/c1-29(2)8-9-35-10-11-36-12-13-37-14-15-38-16-17-39-18-19-40-22-5-3-4-20-24(22)27(34)30(26(20)33)21-6-7-23(31)28-25(21)32/h3-5,21H,6-19H2,1-2H3,(H,28,31,32). The number of benzene rings is 1. The summed E-state index contributed by atoms with van der Waals surface area (Å²) in [5.41, 5.74) is 0.277. The maximum atomic E-state index is 13.0. The van der Waals surface area contributed by atoms with E-state index in [4.69, 9.17) is 28.4 Å². The van der Waals surface area contributed by atoms with Crippen molar-refractivity contribution in [3.05, 3.63) is 29.3 Å². The van der Waals surface area contributed by atoms with Crippen molar-refractivity contribution >= 4 is 23.6 Å². The Morgan fingerprint density at radius 3 is 1.88 bits per heavy atom. The van der Waals surface area contributed by atoms with Crippen molar-refractivity contribution in [1.82, 2.24) is 15.1 Å². The lowest BCUT2D eigenvalue weighted by Crippen LogP contribution is -2.54. The van der Waals surface area contributed by atoms with Crippen LogP contribution in [-0.2, 0) is 33.3 Å². The van der Waals surface area contributed by atoms with Gasteiger partial charge in [0.2, 0.25) is 11.8 Å². The van der Waals surface area contributed by atoms with E-state index in [-0.39, 0.29) is 42.9 Å². The first kappa shape index (κ1) is 31.6. The van der Waals surface area contributed by atoms with Crippen LogP contribution in [-0.4, -0.2) is 133 Å². The van der Waals surface area contributed by atoms with Crippen molar-refractivity contribution in [1.29, 1.82) is 0 Å². The second-order valence-electron chi connectivity index (χ2n) is 9.34. The van der Waals surface area contributed by atoms with Gasteiger partial charge in [0.15, 0.2) is 0 Å². The number of hydrogen-bond donors (Lipinski definition) is 1. The van der Waals surface area contributed by atoms with Crippen LogP contribution in [0, 0.1) is 0 Å². The Balaban J connectivity index is 1.22. The van der Waals surface area contributed by atoms with E-state index in [1.54, 1.807) is 12.1 Å². The summed E-state index contributed by atoms with van der Waals surface area (Å²) in [5.74, 6) is -2.03. The number of likely N-dealkylation sites (N-methyl/N-ethyl adjacent to an activating group) is 1. The van der Waals surface area contributed by atoms with E-state index in [0.29, 0.717) is 59.5 Å². The van der Waals surface area contributed by atoms with Gasteiger partial charge in [-0.2, -0.15) is 0 Å². The largest absolute Gasteiger partial charge is 0.490 e. The first-order chi connectivity index (χ1) is 19.4. The van der Waals surface area contributed by atoms with E-state index in [9.17, 15) is 19.2 Å². The number of fused-ring (bicyclic) bond motifs is 1. The zero-order chi connectivity index (χ0) is 28.7. The molecule has 1 fully saturated rings. The number of hydrogen-bond acceptors (Lipinski definition) is 11. The van der Waals surface area contributed by atoms with Crippen molar-refractivity contribution in [3.8, 4) is 5.75 Å². The minimum absolute atomic E-state index is 0.0598. The lowest BCUT2D eigenvalue weighted by atomic mass is 10.0. The van der Waals surface area contributed by atoms with Gasteiger partial charge in [-0.25, -0.2) is 0 Å². The van der Waals surface area contributed by atoms with E-state index >= 15 is 0 Å². The number of piperidine rings is 1. The number of carbonyl (C=O) groups excluding carboxylic acids is 4. The summed E-state index contributed by atoms with van der Waals surface area (Å²) in [6.45, 7) is 5.69. The molecule has 1 unspecified atom stereocenters. The highest BCUT2D eigenvalue weighted by Crippen LogP contribution is 2.33. The van der Waals surface area contributed by atoms with E-state index < -0.39 is 29.7 Å². The molecule has 2 aliphatic rings. The number of ether oxygens (including phenoxy) is 6. The van der Waals surface area contributed by atoms with Gasteiger partial charge in [0.1, 0.15) is 18.4 Å². The number of nitrogens with one attached hydrogen (secondary N) is 1. The topological polar surface area (TPSA) is 142 Å². The van der Waals surface area contributed by atoms with Crippen LogP contribution in [0.3, 0.4) is 0 Å². The fraction of sp³-hybridized carbons (Fsp3) is 0.630. The molecule has 2 heterocycles. The smallest absolute Gasteiger partial charge is 0.266 e. The molecule has 40 heavy (non-hydrogen) atoms. The van der Waals surface area contributed by atoms with E-state index in [1.807, 2.05) is 14.1 Å². The Morgan fingerprint density at radius 1 is 0.775 bits per heavy atom. The van der Waals surface area contributed by atoms with Crippen LogP contribution in [0.15, 0.2) is 18.2 Å². The predicted octanol–water partition coefficient (Wildman–Crippen LogP) is 0.111. The van der Waals surface area contributed by atoms with Crippen LogP contribution in [0.4, 0.5) is 0 Å². The van der Waals surface area contributed by atoms with Gasteiger partial charge < -0.3 is 33.3 Å². The maximum Gasteiger partial charge on any atom is 0.266 e. The van der Waals surface area contributed by atoms with Gasteiger partial charge in [0.25, 0.3) is 11.8 Å². The molecule has 13 heteroatoms. The fourth-order valence-electron chi connectivity index (χ4n) is 4.04. The van der Waals surface area contributed by atoms with Gasteiger partial charge in [-0.1, -0.05) is 6.07 Å². The molecule has 0 saturated carbocycles. The highest BCUT2D eigenvalue weighted by atomic mass is 16.6. The van der Waals surface area contributed by atoms with E-state index in [1.165, 1.54) is 6.07 Å². The Bertz CT molecular complexity index is 1000. The Kier molecular flexibility index (Phi) is 13.4. The Morgan fingerprint density at radius 2 is 1.32 bits per heavy atom. The zero-order valence-corrected chi connectivity index (χ0v) is 23.2. The van der Waals surface area contributed by atoms with Crippen molar-refractivity contribution in [2.75, 3.05) is 93.3 Å². The molecule has 0 aliphatic carbocycles. The third-order valence-electron chi connectivity index (χ3n) is 6.09. The number of amides is 4. The molecule has 2 aliphatic heterocycles. The summed E-state index contributed by atoms with van der Waals surface area (Å²) in [7, 11) is 4.00. The molecule has 0 aromatic heterocycles. The molecule has 1 aromatic carbocycles. The SMILES string of the molecule is CN(C)CCOCCOCCOCCOCCOCCOc1cccc2c1C(=O)N(C1CCC(=O)NC1=O)C2=O. The average Bonchev–Trinajstić information content (AvgIpc) is 3.18. The summed E-state index contributed by atoms with van der Waals surface area (Å²) in [4.78, 5) is 52.5. The average molecular weight is 566 g/mol. The fourth-order valence-corrected chi connectivity index (χ4v) is 4.04. The third-order valence-corrected chi connectivity index (χ3v) is 6.09. The first-order valence-corrected chi connectivity index (χ1v) is 13.4. The van der Waals surface area contributed by atoms with Crippen LogP contribution in [0.1, 0.15) is 33.6 Å². The Hall–Kier alpha value is -2.94. The lowest BCUT2D eigenvalue weighted by Gasteiger charge is -2.27. The zero-order valence-electron chi connectivity index (χ0n) is 23.2. The van der Waals surface area contributed by atoms with Gasteiger partial charge in [0.05, 0.1) is 77.2 Å². The lowest BCUT2D eigenvalue weighted by molar-refractivity contribution is -0.136. The quantitative estimate of drug-likeness (QED) is 0.170. The number of imide groups is 2. The predicted molar refractivity (Wildman–Crippen MR) is 141 cm³/mol. The number of carbonyl (C=O) groups is 4. The summed E-state index contributed by atoms with van der Waals surface area (Å²) in [5, 5.41) is 2.18. The monoisotopic (exact) mass is 565 g/mol. The van der Waals surface area contributed by atoms with Crippen LogP contribution in [0.25, 0.3) is 0 Å². The normalized spacial score (nSPS) is 17.1. The van der Waals surface area contributed by atoms with Crippen molar-refractivity contribution < 1.29 is 47.6 Å². The van der Waals surface area contributed by atoms with E-state index in [0.717, 1.165) is 11.4 Å². The highest BCUT2D eigenvalue weighted by Gasteiger charge is 2.45. The van der Waals surface area contributed by atoms with Crippen LogP contribution in [0.2, 0.25) is 0 Å². The second-order valence-corrected chi connectivity index (χ2v) is 9.34.